The van der Waals surface area contributed by atoms with Crippen molar-refractivity contribution >= 4 is 21.8 Å². The van der Waals surface area contributed by atoms with Gasteiger partial charge in [-0.15, -0.1) is 0 Å². The molecule has 2 heteroatoms. The Kier molecular flexibility index (Phi) is 1.81. The summed E-state index contributed by atoms with van der Waals surface area (Å²) in [6.07, 6.45) is 6.92. The normalized spacial score (nSPS) is 15.3. The third-order valence-corrected chi connectivity index (χ3v) is 3.85. The number of aromatic nitrogens is 2. The lowest BCUT2D eigenvalue weighted by Gasteiger charge is -2.10. The largest absolute Gasteiger partial charge is 0.358 e. The van der Waals surface area contributed by atoms with Crippen molar-refractivity contribution in [3.05, 3.63) is 41.7 Å². The number of rotatable bonds is 0. The first-order valence-corrected chi connectivity index (χ1v) is 6.30. The van der Waals surface area contributed by atoms with Crippen LogP contribution in [0.1, 0.15) is 24.1 Å². The number of hydrogen-bond donors (Lipinski definition) is 1. The van der Waals surface area contributed by atoms with Gasteiger partial charge in [0, 0.05) is 22.7 Å². The Morgan fingerprint density at radius 1 is 1.00 bits per heavy atom. The van der Waals surface area contributed by atoms with Crippen molar-refractivity contribution in [2.75, 3.05) is 0 Å². The van der Waals surface area contributed by atoms with Crippen LogP contribution in [0.3, 0.4) is 0 Å². The highest BCUT2D eigenvalue weighted by Gasteiger charge is 2.16. The third-order valence-electron chi connectivity index (χ3n) is 3.85. The van der Waals surface area contributed by atoms with Gasteiger partial charge < -0.3 is 4.98 Å². The van der Waals surface area contributed by atoms with E-state index < -0.39 is 0 Å². The lowest BCUT2D eigenvalue weighted by Crippen LogP contribution is -1.99. The molecule has 2 nitrogen and oxygen atoms in total. The molecule has 0 saturated carbocycles. The van der Waals surface area contributed by atoms with E-state index in [2.05, 4.69) is 28.2 Å². The fraction of sp³-hybridized carbons (Fsp3) is 0.267. The van der Waals surface area contributed by atoms with Crippen molar-refractivity contribution < 1.29 is 0 Å². The van der Waals surface area contributed by atoms with E-state index in [1.165, 1.54) is 53.2 Å². The second kappa shape index (κ2) is 3.33. The van der Waals surface area contributed by atoms with Crippen LogP contribution < -0.4 is 0 Å². The number of nitrogens with one attached hydrogen (secondary N) is 1. The lowest BCUT2D eigenvalue weighted by atomic mass is 9.95. The molecule has 17 heavy (non-hydrogen) atoms. The first-order chi connectivity index (χ1) is 8.43. The molecule has 1 N–H and O–H groups in total. The Balaban J connectivity index is 2.16. The molecular weight excluding hydrogens is 208 g/mol. The Morgan fingerprint density at radius 2 is 1.94 bits per heavy atom. The fourth-order valence-electron chi connectivity index (χ4n) is 3.03. The molecule has 4 rings (SSSR count). The first kappa shape index (κ1) is 9.23. The average Bonchev–Trinajstić information content (AvgIpc) is 2.78. The maximum atomic E-state index is 4.42. The summed E-state index contributed by atoms with van der Waals surface area (Å²) in [6.45, 7) is 0. The van der Waals surface area contributed by atoms with Crippen molar-refractivity contribution in [2.24, 2.45) is 0 Å². The Bertz CT molecular complexity index is 709. The van der Waals surface area contributed by atoms with Crippen molar-refractivity contribution in [1.82, 2.24) is 9.97 Å². The second-order valence-electron chi connectivity index (χ2n) is 4.85. The molecule has 0 fully saturated rings. The smallest absolute Gasteiger partial charge is 0.0723 e. The molecule has 1 aromatic carbocycles. The van der Waals surface area contributed by atoms with Crippen LogP contribution in [0.25, 0.3) is 21.8 Å². The Labute approximate surface area is 99.7 Å². The predicted molar refractivity (Wildman–Crippen MR) is 70.2 cm³/mol. The molecular formula is C15H14N2. The lowest BCUT2D eigenvalue weighted by molar-refractivity contribution is 0.680. The van der Waals surface area contributed by atoms with Crippen LogP contribution in [0.5, 0.6) is 0 Å². The molecule has 0 aliphatic heterocycles. The van der Waals surface area contributed by atoms with E-state index >= 15 is 0 Å². The Morgan fingerprint density at radius 3 is 2.94 bits per heavy atom. The molecule has 2 aromatic heterocycles. The van der Waals surface area contributed by atoms with E-state index in [0.29, 0.717) is 0 Å². The monoisotopic (exact) mass is 222 g/mol. The fourth-order valence-corrected chi connectivity index (χ4v) is 3.03. The van der Waals surface area contributed by atoms with Gasteiger partial charge in [0.25, 0.3) is 0 Å². The van der Waals surface area contributed by atoms with Crippen LogP contribution in [0, 0.1) is 0 Å². The molecule has 84 valence electrons. The van der Waals surface area contributed by atoms with Gasteiger partial charge in [-0.3, -0.25) is 4.98 Å². The minimum absolute atomic E-state index is 1.08. The zero-order chi connectivity index (χ0) is 11.2. The van der Waals surface area contributed by atoms with Crippen LogP contribution in [0.15, 0.2) is 30.5 Å². The van der Waals surface area contributed by atoms with E-state index in [0.717, 1.165) is 5.52 Å². The third kappa shape index (κ3) is 1.24. The molecule has 0 saturated heterocycles. The Hall–Kier alpha value is -1.83. The van der Waals surface area contributed by atoms with Crippen molar-refractivity contribution in [1.29, 1.82) is 0 Å². The predicted octanol–water partition coefficient (Wildman–Crippen LogP) is 3.59. The summed E-state index contributed by atoms with van der Waals surface area (Å²) in [5.41, 5.74) is 5.35. The van der Waals surface area contributed by atoms with Crippen molar-refractivity contribution in [2.45, 2.75) is 25.7 Å². The number of nitrogens with zero attached hydrogens (tertiary/aromatic N) is 1. The molecule has 0 bridgehead atoms. The van der Waals surface area contributed by atoms with E-state index in [4.69, 9.17) is 0 Å². The van der Waals surface area contributed by atoms with Crippen LogP contribution in [0.4, 0.5) is 0 Å². The maximum Gasteiger partial charge on any atom is 0.0723 e. The molecule has 0 unspecified atom stereocenters. The quantitative estimate of drug-likeness (QED) is 0.618. The van der Waals surface area contributed by atoms with Crippen LogP contribution >= 0.6 is 0 Å². The summed E-state index contributed by atoms with van der Waals surface area (Å²) < 4.78 is 0. The zero-order valence-corrected chi connectivity index (χ0v) is 9.66. The summed E-state index contributed by atoms with van der Waals surface area (Å²) in [6, 6.07) is 8.54. The van der Waals surface area contributed by atoms with Gasteiger partial charge in [0.1, 0.15) is 0 Å². The number of fused-ring (bicyclic) bond motifs is 5. The molecule has 0 spiro atoms. The van der Waals surface area contributed by atoms with E-state index in [9.17, 15) is 0 Å². The minimum Gasteiger partial charge on any atom is -0.358 e. The van der Waals surface area contributed by atoms with Crippen molar-refractivity contribution in [3.63, 3.8) is 0 Å². The SMILES string of the molecule is c1cnc2ccc3c4c([nH]c3c2c1)CCCC4. The zero-order valence-electron chi connectivity index (χ0n) is 9.66. The van der Waals surface area contributed by atoms with Crippen LogP contribution in [-0.2, 0) is 12.8 Å². The van der Waals surface area contributed by atoms with Gasteiger partial charge in [-0.1, -0.05) is 6.07 Å². The van der Waals surface area contributed by atoms with Crippen LogP contribution in [-0.4, -0.2) is 9.97 Å². The highest BCUT2D eigenvalue weighted by Crippen LogP contribution is 2.32. The number of pyridine rings is 1. The molecule has 3 aromatic rings. The summed E-state index contributed by atoms with van der Waals surface area (Å²) in [5.74, 6) is 0. The molecule has 1 aliphatic rings. The van der Waals surface area contributed by atoms with Gasteiger partial charge in [0.2, 0.25) is 0 Å². The summed E-state index contributed by atoms with van der Waals surface area (Å²) >= 11 is 0. The van der Waals surface area contributed by atoms with Gasteiger partial charge in [0.15, 0.2) is 0 Å². The number of H-pyrrole nitrogens is 1. The average molecular weight is 222 g/mol. The first-order valence-electron chi connectivity index (χ1n) is 6.30. The molecule has 0 amide bonds. The van der Waals surface area contributed by atoms with E-state index in [1.54, 1.807) is 0 Å². The number of hydrogen-bond acceptors (Lipinski definition) is 1. The topological polar surface area (TPSA) is 28.7 Å². The van der Waals surface area contributed by atoms with Gasteiger partial charge >= 0.3 is 0 Å². The standard InChI is InChI=1S/C15H14N2/c1-2-6-14-10(4-1)11-7-8-13-12(15(11)17-14)5-3-9-16-13/h3,5,7-9,17H,1-2,4,6H2. The molecule has 0 radical (unpaired) electrons. The van der Waals surface area contributed by atoms with Gasteiger partial charge in [-0.2, -0.15) is 0 Å². The molecule has 1 aliphatic carbocycles. The van der Waals surface area contributed by atoms with Gasteiger partial charge in [-0.25, -0.2) is 0 Å². The highest BCUT2D eigenvalue weighted by atomic mass is 14.7. The highest BCUT2D eigenvalue weighted by molar-refractivity contribution is 6.05. The number of benzene rings is 1. The molecule has 2 heterocycles. The summed E-state index contributed by atoms with van der Waals surface area (Å²) in [5, 5.41) is 2.65. The van der Waals surface area contributed by atoms with E-state index in [1.807, 2.05) is 12.3 Å². The summed E-state index contributed by atoms with van der Waals surface area (Å²) in [4.78, 5) is 8.04. The summed E-state index contributed by atoms with van der Waals surface area (Å²) in [7, 11) is 0. The molecule has 0 atom stereocenters. The second-order valence-corrected chi connectivity index (χ2v) is 4.85. The number of aromatic amines is 1. The van der Waals surface area contributed by atoms with Gasteiger partial charge in [-0.05, 0) is 49.4 Å². The maximum absolute atomic E-state index is 4.42. The van der Waals surface area contributed by atoms with E-state index in [-0.39, 0.29) is 0 Å². The van der Waals surface area contributed by atoms with Gasteiger partial charge in [0.05, 0.1) is 11.0 Å². The van der Waals surface area contributed by atoms with Crippen molar-refractivity contribution in [3.8, 4) is 0 Å². The number of aryl methyl sites for hydroxylation is 2. The minimum atomic E-state index is 1.08. The van der Waals surface area contributed by atoms with Crippen LogP contribution in [0.2, 0.25) is 0 Å².